The smallest absolute Gasteiger partial charge is 0.230 e. The minimum atomic E-state index is -0.330. The Bertz CT molecular complexity index is 399. The van der Waals surface area contributed by atoms with E-state index in [0.29, 0.717) is 0 Å². The lowest BCUT2D eigenvalue weighted by atomic mass is 9.89. The maximum atomic E-state index is 12.0. The number of benzene rings is 1. The van der Waals surface area contributed by atoms with Gasteiger partial charge in [-0.25, -0.2) is 0 Å². The first kappa shape index (κ1) is 13.2. The van der Waals surface area contributed by atoms with Crippen molar-refractivity contribution in [2.24, 2.45) is 5.41 Å². The second kappa shape index (κ2) is 5.00. The third-order valence-electron chi connectivity index (χ3n) is 2.87. The van der Waals surface area contributed by atoms with Crippen molar-refractivity contribution in [3.8, 4) is 0 Å². The van der Waals surface area contributed by atoms with Gasteiger partial charge in [-0.2, -0.15) is 0 Å². The zero-order valence-corrected chi connectivity index (χ0v) is 11.8. The van der Waals surface area contributed by atoms with Gasteiger partial charge in [-0.3, -0.25) is 4.79 Å². The third-order valence-corrected chi connectivity index (χ3v) is 3.56. The van der Waals surface area contributed by atoms with Gasteiger partial charge in [0.25, 0.3) is 0 Å². The van der Waals surface area contributed by atoms with Crippen molar-refractivity contribution in [2.75, 3.05) is 5.32 Å². The molecule has 1 amide bonds. The van der Waals surface area contributed by atoms with E-state index in [1.54, 1.807) is 0 Å². The number of aryl methyl sites for hydroxylation is 1. The van der Waals surface area contributed by atoms with Gasteiger partial charge in [-0.05, 0) is 47.0 Å². The van der Waals surface area contributed by atoms with Crippen LogP contribution in [0.5, 0.6) is 0 Å². The Balaban J connectivity index is 2.89. The quantitative estimate of drug-likeness (QED) is 0.888. The summed E-state index contributed by atoms with van der Waals surface area (Å²) in [6.45, 7) is 7.93. The first-order chi connectivity index (χ1) is 7.36. The largest absolute Gasteiger partial charge is 0.325 e. The van der Waals surface area contributed by atoms with Crippen LogP contribution in [0.25, 0.3) is 0 Å². The molecule has 1 N–H and O–H groups in total. The van der Waals surface area contributed by atoms with Crippen molar-refractivity contribution in [2.45, 2.75) is 34.1 Å². The summed E-state index contributed by atoms with van der Waals surface area (Å²) in [7, 11) is 0. The summed E-state index contributed by atoms with van der Waals surface area (Å²) in [5.41, 5.74) is 1.64. The van der Waals surface area contributed by atoms with E-state index in [9.17, 15) is 4.79 Å². The standard InChI is InChI=1S/C13H18BrNO/c1-5-13(3,4)12(16)15-11-8-9(2)6-7-10(11)14/h6-8H,5H2,1-4H3,(H,15,16). The van der Waals surface area contributed by atoms with Crippen molar-refractivity contribution in [1.82, 2.24) is 0 Å². The molecule has 2 nitrogen and oxygen atoms in total. The van der Waals surface area contributed by atoms with Crippen LogP contribution in [0.15, 0.2) is 22.7 Å². The molecular formula is C13H18BrNO. The number of halogens is 1. The molecule has 0 aliphatic carbocycles. The van der Waals surface area contributed by atoms with Gasteiger partial charge in [0, 0.05) is 9.89 Å². The monoisotopic (exact) mass is 283 g/mol. The molecule has 0 heterocycles. The number of hydrogen-bond acceptors (Lipinski definition) is 1. The van der Waals surface area contributed by atoms with Crippen LogP contribution in [0.1, 0.15) is 32.8 Å². The molecule has 0 aromatic heterocycles. The first-order valence-corrected chi connectivity index (χ1v) is 6.23. The van der Waals surface area contributed by atoms with Crippen LogP contribution in [0.4, 0.5) is 5.69 Å². The van der Waals surface area contributed by atoms with E-state index in [0.717, 1.165) is 22.1 Å². The maximum absolute atomic E-state index is 12.0. The normalized spacial score (nSPS) is 11.3. The van der Waals surface area contributed by atoms with Crippen LogP contribution >= 0.6 is 15.9 Å². The average Bonchev–Trinajstić information content (AvgIpc) is 2.23. The van der Waals surface area contributed by atoms with Crippen molar-refractivity contribution in [1.29, 1.82) is 0 Å². The fourth-order valence-corrected chi connectivity index (χ4v) is 1.53. The van der Waals surface area contributed by atoms with Crippen molar-refractivity contribution < 1.29 is 4.79 Å². The fraction of sp³-hybridized carbons (Fsp3) is 0.462. The summed E-state index contributed by atoms with van der Waals surface area (Å²) < 4.78 is 0.915. The topological polar surface area (TPSA) is 29.1 Å². The van der Waals surface area contributed by atoms with Crippen molar-refractivity contribution in [3.05, 3.63) is 28.2 Å². The Kier molecular flexibility index (Phi) is 4.14. The fourth-order valence-electron chi connectivity index (χ4n) is 1.19. The third kappa shape index (κ3) is 3.08. The highest BCUT2D eigenvalue weighted by Crippen LogP contribution is 2.27. The molecule has 0 bridgehead atoms. The molecule has 0 aliphatic heterocycles. The molecule has 0 unspecified atom stereocenters. The summed E-state index contributed by atoms with van der Waals surface area (Å²) in [6.07, 6.45) is 0.822. The van der Waals surface area contributed by atoms with E-state index < -0.39 is 0 Å². The van der Waals surface area contributed by atoms with Crippen molar-refractivity contribution >= 4 is 27.5 Å². The number of hydrogen-bond donors (Lipinski definition) is 1. The van der Waals surface area contributed by atoms with E-state index >= 15 is 0 Å². The highest BCUT2D eigenvalue weighted by Gasteiger charge is 2.25. The zero-order valence-electron chi connectivity index (χ0n) is 10.2. The number of rotatable bonds is 3. The molecule has 0 radical (unpaired) electrons. The van der Waals surface area contributed by atoms with Gasteiger partial charge < -0.3 is 5.32 Å². The number of anilines is 1. The highest BCUT2D eigenvalue weighted by atomic mass is 79.9. The molecule has 0 spiro atoms. The lowest BCUT2D eigenvalue weighted by molar-refractivity contribution is -0.124. The molecule has 1 rings (SSSR count). The molecule has 0 aliphatic rings. The predicted molar refractivity (Wildman–Crippen MR) is 71.6 cm³/mol. The Hall–Kier alpha value is -0.830. The zero-order chi connectivity index (χ0) is 12.3. The molecule has 0 saturated carbocycles. The number of amides is 1. The molecule has 0 fully saturated rings. The number of carbonyl (C=O) groups excluding carboxylic acids is 1. The summed E-state index contributed by atoms with van der Waals surface area (Å²) in [5.74, 6) is 0.0568. The average molecular weight is 284 g/mol. The molecule has 3 heteroatoms. The molecule has 1 aromatic rings. The van der Waals surface area contributed by atoms with Gasteiger partial charge in [-0.1, -0.05) is 26.8 Å². The van der Waals surface area contributed by atoms with Crippen LogP contribution in [0.2, 0.25) is 0 Å². The Labute approximate surface area is 106 Å². The van der Waals surface area contributed by atoms with Gasteiger partial charge in [0.2, 0.25) is 5.91 Å². The SMILES string of the molecule is CCC(C)(C)C(=O)Nc1cc(C)ccc1Br. The van der Waals surface area contributed by atoms with E-state index in [4.69, 9.17) is 0 Å². The molecule has 1 aromatic carbocycles. The summed E-state index contributed by atoms with van der Waals surface area (Å²) in [6, 6.07) is 5.92. The summed E-state index contributed by atoms with van der Waals surface area (Å²) in [5, 5.41) is 2.96. The maximum Gasteiger partial charge on any atom is 0.230 e. The molecule has 16 heavy (non-hydrogen) atoms. The predicted octanol–water partition coefficient (Wildman–Crippen LogP) is 4.13. The number of carbonyl (C=O) groups is 1. The van der Waals surface area contributed by atoms with Crippen LogP contribution in [-0.4, -0.2) is 5.91 Å². The summed E-state index contributed by atoms with van der Waals surface area (Å²) in [4.78, 5) is 12.0. The van der Waals surface area contributed by atoms with E-state index in [1.165, 1.54) is 0 Å². The van der Waals surface area contributed by atoms with Crippen LogP contribution in [-0.2, 0) is 4.79 Å². The van der Waals surface area contributed by atoms with Crippen LogP contribution in [0, 0.1) is 12.3 Å². The Morgan fingerprint density at radius 3 is 2.62 bits per heavy atom. The van der Waals surface area contributed by atoms with Gasteiger partial charge in [0.1, 0.15) is 0 Å². The molecule has 88 valence electrons. The van der Waals surface area contributed by atoms with Gasteiger partial charge in [-0.15, -0.1) is 0 Å². The second-order valence-corrected chi connectivity index (χ2v) is 5.53. The van der Waals surface area contributed by atoms with E-state index in [-0.39, 0.29) is 11.3 Å². The lowest BCUT2D eigenvalue weighted by Gasteiger charge is -2.22. The van der Waals surface area contributed by atoms with Crippen molar-refractivity contribution in [3.63, 3.8) is 0 Å². The van der Waals surface area contributed by atoms with Gasteiger partial charge in [0.15, 0.2) is 0 Å². The van der Waals surface area contributed by atoms with E-state index in [2.05, 4.69) is 21.2 Å². The summed E-state index contributed by atoms with van der Waals surface area (Å²) >= 11 is 3.43. The Morgan fingerprint density at radius 1 is 1.44 bits per heavy atom. The molecule has 0 saturated heterocycles. The van der Waals surface area contributed by atoms with Gasteiger partial charge >= 0.3 is 0 Å². The Morgan fingerprint density at radius 2 is 2.06 bits per heavy atom. The lowest BCUT2D eigenvalue weighted by Crippen LogP contribution is -2.30. The van der Waals surface area contributed by atoms with Gasteiger partial charge in [0.05, 0.1) is 5.69 Å². The minimum Gasteiger partial charge on any atom is -0.325 e. The minimum absolute atomic E-state index is 0.0568. The molecule has 0 atom stereocenters. The first-order valence-electron chi connectivity index (χ1n) is 5.44. The number of nitrogens with one attached hydrogen (secondary N) is 1. The second-order valence-electron chi connectivity index (χ2n) is 4.67. The van der Waals surface area contributed by atoms with E-state index in [1.807, 2.05) is 45.9 Å². The highest BCUT2D eigenvalue weighted by molar-refractivity contribution is 9.10. The van der Waals surface area contributed by atoms with Crippen LogP contribution < -0.4 is 5.32 Å². The molecular weight excluding hydrogens is 266 g/mol. The van der Waals surface area contributed by atoms with Crippen LogP contribution in [0.3, 0.4) is 0 Å².